The number of methoxy groups -OCH3 is 1. The molecule has 8 nitrogen and oxygen atoms in total. The molecule has 1 unspecified atom stereocenters. The van der Waals surface area contributed by atoms with E-state index in [9.17, 15) is 4.79 Å². The van der Waals surface area contributed by atoms with E-state index in [1.165, 1.54) is 25.9 Å². The van der Waals surface area contributed by atoms with Crippen LogP contribution < -0.4 is 20.1 Å². The van der Waals surface area contributed by atoms with Crippen LogP contribution >= 0.6 is 0 Å². The van der Waals surface area contributed by atoms with Crippen LogP contribution in [0.4, 0.5) is 5.69 Å². The molecule has 2 aliphatic rings. The molecule has 1 aromatic rings. The third-order valence-electron chi connectivity index (χ3n) is 7.00. The van der Waals surface area contributed by atoms with Crippen molar-refractivity contribution in [3.8, 4) is 11.5 Å². The minimum Gasteiger partial charge on any atom is -0.493 e. The van der Waals surface area contributed by atoms with E-state index in [2.05, 4.69) is 34.0 Å². The summed E-state index contributed by atoms with van der Waals surface area (Å²) < 4.78 is 11.7. The summed E-state index contributed by atoms with van der Waals surface area (Å²) in [6.07, 6.45) is 8.28. The average Bonchev–Trinajstić information content (AvgIpc) is 3.39. The van der Waals surface area contributed by atoms with Crippen LogP contribution in [0.1, 0.15) is 46.5 Å². The molecule has 1 aromatic carbocycles. The Kier molecular flexibility index (Phi) is 11.3. The SMILES string of the molecule is C=C(/C=C\N=C(C)Nc1ccc(OC)c(OCC(C)CN2CCCC2)c1)NCC1CCN(C(C)=O)CC1. The van der Waals surface area contributed by atoms with Crippen LogP contribution in [0.3, 0.4) is 0 Å². The third kappa shape index (κ3) is 9.76. The zero-order valence-electron chi connectivity index (χ0n) is 23.1. The molecule has 37 heavy (non-hydrogen) atoms. The second-order valence-corrected chi connectivity index (χ2v) is 10.3. The van der Waals surface area contributed by atoms with Gasteiger partial charge in [0, 0.05) is 62.7 Å². The molecule has 8 heteroatoms. The summed E-state index contributed by atoms with van der Waals surface area (Å²) in [4.78, 5) is 20.4. The molecule has 2 aliphatic heterocycles. The van der Waals surface area contributed by atoms with Crippen LogP contribution in [0.25, 0.3) is 0 Å². The van der Waals surface area contributed by atoms with Gasteiger partial charge in [-0.3, -0.25) is 4.79 Å². The highest BCUT2D eigenvalue weighted by atomic mass is 16.5. The molecule has 0 bridgehead atoms. The number of anilines is 1. The van der Waals surface area contributed by atoms with Crippen molar-refractivity contribution in [2.45, 2.75) is 46.5 Å². The number of amides is 1. The molecule has 1 amide bonds. The Bertz CT molecular complexity index is 947. The number of allylic oxidation sites excluding steroid dienone is 1. The number of aliphatic imine (C=N–C) groups is 1. The standard InChI is InChI=1S/C29H45N5O3/c1-22(20-33-14-6-7-15-33)21-37-29-18-27(8-9-28(29)36-5)32-24(3)30-13-10-23(2)31-19-26-11-16-34(17-12-26)25(4)35/h8-10,13,18,22,26,31H,2,6-7,11-12,14-17,19-21H2,1,3-5H3,(H,30,32)/b13-10-. The van der Waals surface area contributed by atoms with Gasteiger partial charge in [0.15, 0.2) is 11.5 Å². The lowest BCUT2D eigenvalue weighted by molar-refractivity contribution is -0.130. The van der Waals surface area contributed by atoms with Crippen molar-refractivity contribution in [1.29, 1.82) is 0 Å². The van der Waals surface area contributed by atoms with E-state index >= 15 is 0 Å². The number of amidine groups is 1. The molecule has 0 aliphatic carbocycles. The number of benzene rings is 1. The summed E-state index contributed by atoms with van der Waals surface area (Å²) in [5, 5.41) is 6.70. The number of ether oxygens (including phenoxy) is 2. The molecule has 2 heterocycles. The molecule has 0 radical (unpaired) electrons. The molecule has 1 atom stereocenters. The van der Waals surface area contributed by atoms with E-state index in [1.54, 1.807) is 20.2 Å². The van der Waals surface area contributed by atoms with Crippen molar-refractivity contribution >= 4 is 17.4 Å². The van der Waals surface area contributed by atoms with Crippen LogP contribution in [-0.2, 0) is 4.79 Å². The molecule has 204 valence electrons. The van der Waals surface area contributed by atoms with Crippen molar-refractivity contribution in [3.05, 3.63) is 42.8 Å². The van der Waals surface area contributed by atoms with E-state index in [4.69, 9.17) is 9.47 Å². The number of hydrogen-bond donors (Lipinski definition) is 2. The zero-order chi connectivity index (χ0) is 26.6. The first-order valence-corrected chi connectivity index (χ1v) is 13.5. The Hall–Kier alpha value is -3.00. The van der Waals surface area contributed by atoms with Gasteiger partial charge in [0.2, 0.25) is 5.91 Å². The van der Waals surface area contributed by atoms with Crippen molar-refractivity contribution < 1.29 is 14.3 Å². The van der Waals surface area contributed by atoms with Gasteiger partial charge >= 0.3 is 0 Å². The Morgan fingerprint density at radius 2 is 1.92 bits per heavy atom. The summed E-state index contributed by atoms with van der Waals surface area (Å²) in [5.41, 5.74) is 1.72. The monoisotopic (exact) mass is 511 g/mol. The predicted octanol–water partition coefficient (Wildman–Crippen LogP) is 4.51. The van der Waals surface area contributed by atoms with Gasteiger partial charge < -0.3 is 29.9 Å². The Morgan fingerprint density at radius 1 is 1.19 bits per heavy atom. The van der Waals surface area contributed by atoms with Crippen molar-refractivity contribution in [2.24, 2.45) is 16.8 Å². The normalized spacial score (nSPS) is 18.2. The first-order chi connectivity index (χ1) is 17.8. The molecular formula is C29H45N5O3. The minimum atomic E-state index is 0.168. The smallest absolute Gasteiger partial charge is 0.219 e. The summed E-state index contributed by atoms with van der Waals surface area (Å²) >= 11 is 0. The fourth-order valence-corrected chi connectivity index (χ4v) is 4.82. The molecule has 0 spiro atoms. The number of hydrogen-bond acceptors (Lipinski definition) is 6. The maximum Gasteiger partial charge on any atom is 0.219 e. The number of carbonyl (C=O) groups excluding carboxylic acids is 1. The van der Waals surface area contributed by atoms with Crippen molar-refractivity contribution in [2.75, 3.05) is 58.3 Å². The number of likely N-dealkylation sites (tertiary alicyclic amines) is 2. The summed E-state index contributed by atoms with van der Waals surface area (Å²) in [7, 11) is 1.66. The topological polar surface area (TPSA) is 78.4 Å². The second-order valence-electron chi connectivity index (χ2n) is 10.3. The molecule has 2 fully saturated rings. The van der Waals surface area contributed by atoms with E-state index in [0.717, 1.165) is 67.7 Å². The number of piperidine rings is 1. The fraction of sp³-hybridized carbons (Fsp3) is 0.586. The number of nitrogens with zero attached hydrogens (tertiary/aromatic N) is 3. The average molecular weight is 512 g/mol. The third-order valence-corrected chi connectivity index (χ3v) is 7.00. The van der Waals surface area contributed by atoms with Crippen LogP contribution in [0, 0.1) is 11.8 Å². The first kappa shape index (κ1) is 28.6. The fourth-order valence-electron chi connectivity index (χ4n) is 4.82. The summed E-state index contributed by atoms with van der Waals surface area (Å²) in [6.45, 7) is 16.5. The van der Waals surface area contributed by atoms with Gasteiger partial charge in [-0.1, -0.05) is 13.5 Å². The zero-order valence-corrected chi connectivity index (χ0v) is 23.1. The van der Waals surface area contributed by atoms with E-state index < -0.39 is 0 Å². The maximum absolute atomic E-state index is 11.5. The number of carbonyl (C=O) groups is 1. The Morgan fingerprint density at radius 3 is 2.59 bits per heavy atom. The Labute approximate surface area is 222 Å². The molecule has 3 rings (SSSR count). The lowest BCUT2D eigenvalue weighted by Gasteiger charge is -2.31. The molecular weight excluding hydrogens is 466 g/mol. The minimum absolute atomic E-state index is 0.168. The lowest BCUT2D eigenvalue weighted by Crippen LogP contribution is -2.39. The van der Waals surface area contributed by atoms with Crippen LogP contribution in [0.5, 0.6) is 11.5 Å². The highest BCUT2D eigenvalue weighted by Crippen LogP contribution is 2.31. The van der Waals surface area contributed by atoms with Crippen molar-refractivity contribution in [1.82, 2.24) is 15.1 Å². The van der Waals surface area contributed by atoms with Gasteiger partial charge in [0.1, 0.15) is 5.84 Å². The van der Waals surface area contributed by atoms with Crippen LogP contribution in [0.15, 0.2) is 47.7 Å². The highest BCUT2D eigenvalue weighted by Gasteiger charge is 2.20. The lowest BCUT2D eigenvalue weighted by atomic mass is 9.96. The summed E-state index contributed by atoms with van der Waals surface area (Å²) in [6, 6.07) is 5.83. The summed E-state index contributed by atoms with van der Waals surface area (Å²) in [5.74, 6) is 3.39. The first-order valence-electron chi connectivity index (χ1n) is 13.5. The van der Waals surface area contributed by atoms with Gasteiger partial charge in [-0.2, -0.15) is 0 Å². The largest absolute Gasteiger partial charge is 0.493 e. The van der Waals surface area contributed by atoms with Gasteiger partial charge in [-0.05, 0) is 69.8 Å². The molecule has 2 N–H and O–H groups in total. The van der Waals surface area contributed by atoms with Crippen molar-refractivity contribution in [3.63, 3.8) is 0 Å². The number of nitrogens with one attached hydrogen (secondary N) is 2. The number of rotatable bonds is 12. The quantitative estimate of drug-likeness (QED) is 0.244. The molecule has 0 aromatic heterocycles. The van der Waals surface area contributed by atoms with E-state index in [1.807, 2.05) is 36.1 Å². The molecule has 2 saturated heterocycles. The Balaban J connectivity index is 1.43. The highest BCUT2D eigenvalue weighted by molar-refractivity contribution is 5.94. The van der Waals surface area contributed by atoms with Gasteiger partial charge in [0.05, 0.1) is 13.7 Å². The van der Waals surface area contributed by atoms with Crippen LogP contribution in [0.2, 0.25) is 0 Å². The van der Waals surface area contributed by atoms with Crippen LogP contribution in [-0.4, -0.2) is 74.5 Å². The van der Waals surface area contributed by atoms with E-state index in [0.29, 0.717) is 18.4 Å². The van der Waals surface area contributed by atoms with Gasteiger partial charge in [-0.15, -0.1) is 0 Å². The van der Waals surface area contributed by atoms with Gasteiger partial charge in [-0.25, -0.2) is 4.99 Å². The second kappa shape index (κ2) is 14.7. The van der Waals surface area contributed by atoms with E-state index in [-0.39, 0.29) is 5.91 Å². The molecule has 0 saturated carbocycles. The maximum atomic E-state index is 11.5. The van der Waals surface area contributed by atoms with Gasteiger partial charge in [0.25, 0.3) is 0 Å². The predicted molar refractivity (Wildman–Crippen MR) is 151 cm³/mol.